The monoisotopic (exact) mass is 438 g/mol. The molecule has 1 aromatic carbocycles. The van der Waals surface area contributed by atoms with Gasteiger partial charge in [-0.2, -0.15) is 0 Å². The van der Waals surface area contributed by atoms with Crippen molar-refractivity contribution in [2.45, 2.75) is 46.1 Å². The van der Waals surface area contributed by atoms with Crippen molar-refractivity contribution in [2.24, 2.45) is 5.92 Å². The number of nitrogens with zero attached hydrogens (tertiary/aromatic N) is 2. The Morgan fingerprint density at radius 1 is 1.27 bits per heavy atom. The number of carbonyl (C=O) groups is 3. The lowest BCUT2D eigenvalue weighted by molar-refractivity contribution is -0.114. The maximum atomic E-state index is 12.7. The van der Waals surface area contributed by atoms with Crippen LogP contribution in [0, 0.1) is 5.92 Å². The third kappa shape index (κ3) is 7.40. The largest absolute Gasteiger partial charge is 0.444 e. The molecule has 0 bridgehead atoms. The van der Waals surface area contributed by atoms with Crippen molar-refractivity contribution in [3.05, 3.63) is 23.2 Å². The van der Waals surface area contributed by atoms with Crippen molar-refractivity contribution in [2.75, 3.05) is 37.3 Å². The molecule has 1 aliphatic rings. The van der Waals surface area contributed by atoms with Crippen LogP contribution in [-0.4, -0.2) is 60.1 Å². The summed E-state index contributed by atoms with van der Waals surface area (Å²) in [5.74, 6) is -0.0295. The Morgan fingerprint density at radius 3 is 2.57 bits per heavy atom. The van der Waals surface area contributed by atoms with Gasteiger partial charge in [0.05, 0.1) is 10.7 Å². The van der Waals surface area contributed by atoms with Gasteiger partial charge in [0.2, 0.25) is 5.91 Å². The van der Waals surface area contributed by atoms with Gasteiger partial charge in [0.25, 0.3) is 0 Å². The molecule has 1 unspecified atom stereocenters. The summed E-state index contributed by atoms with van der Waals surface area (Å²) in [6, 6.07) is 4.68. The van der Waals surface area contributed by atoms with E-state index in [0.717, 1.165) is 12.8 Å². The number of rotatable bonds is 4. The quantitative estimate of drug-likeness (QED) is 0.728. The number of piperidine rings is 1. The van der Waals surface area contributed by atoms with E-state index in [4.69, 9.17) is 16.3 Å². The van der Waals surface area contributed by atoms with E-state index in [1.54, 1.807) is 35.0 Å². The van der Waals surface area contributed by atoms with Gasteiger partial charge < -0.3 is 25.2 Å². The Labute approximate surface area is 182 Å². The average Bonchev–Trinajstić information content (AvgIpc) is 2.62. The zero-order valence-electron chi connectivity index (χ0n) is 18.3. The Hall–Kier alpha value is -2.48. The molecular weight excluding hydrogens is 408 g/mol. The topological polar surface area (TPSA) is 91.0 Å². The van der Waals surface area contributed by atoms with Gasteiger partial charge in [-0.15, -0.1) is 0 Å². The van der Waals surface area contributed by atoms with Crippen LogP contribution in [0.3, 0.4) is 0 Å². The molecule has 2 N–H and O–H groups in total. The van der Waals surface area contributed by atoms with E-state index in [1.807, 2.05) is 20.8 Å². The van der Waals surface area contributed by atoms with Gasteiger partial charge in [-0.3, -0.25) is 4.79 Å². The first-order chi connectivity index (χ1) is 13.9. The van der Waals surface area contributed by atoms with E-state index >= 15 is 0 Å². The molecule has 9 heteroatoms. The van der Waals surface area contributed by atoms with Crippen molar-refractivity contribution in [3.63, 3.8) is 0 Å². The summed E-state index contributed by atoms with van der Waals surface area (Å²) in [5.41, 5.74) is 0.496. The summed E-state index contributed by atoms with van der Waals surface area (Å²) >= 11 is 6.24. The minimum absolute atomic E-state index is 0.166. The molecule has 1 fully saturated rings. The number of ether oxygens (including phenoxy) is 1. The van der Waals surface area contributed by atoms with E-state index in [-0.39, 0.29) is 23.9 Å². The fourth-order valence-electron chi connectivity index (χ4n) is 3.29. The molecular formula is C21H31ClN4O4. The van der Waals surface area contributed by atoms with Crippen LogP contribution >= 0.6 is 11.6 Å². The number of nitrogens with one attached hydrogen (secondary N) is 2. The summed E-state index contributed by atoms with van der Waals surface area (Å²) in [5, 5.41) is 5.81. The molecule has 1 aliphatic heterocycles. The van der Waals surface area contributed by atoms with Crippen molar-refractivity contribution < 1.29 is 19.1 Å². The lowest BCUT2D eigenvalue weighted by Gasteiger charge is -2.35. The molecule has 1 aromatic rings. The van der Waals surface area contributed by atoms with Crippen LogP contribution in [-0.2, 0) is 9.53 Å². The van der Waals surface area contributed by atoms with E-state index in [0.29, 0.717) is 36.0 Å². The predicted octanol–water partition coefficient (Wildman–Crippen LogP) is 4.41. The summed E-state index contributed by atoms with van der Waals surface area (Å²) in [6.45, 7) is 8.61. The molecule has 0 saturated carbocycles. The average molecular weight is 439 g/mol. The van der Waals surface area contributed by atoms with Gasteiger partial charge in [0.15, 0.2) is 0 Å². The Bertz CT molecular complexity index is 794. The van der Waals surface area contributed by atoms with Crippen LogP contribution in [0.1, 0.15) is 40.5 Å². The second kappa shape index (κ2) is 10.0. The van der Waals surface area contributed by atoms with Gasteiger partial charge in [-0.1, -0.05) is 11.6 Å². The number of likely N-dealkylation sites (tertiary alicyclic amines) is 1. The maximum Gasteiger partial charge on any atom is 0.410 e. The lowest BCUT2D eigenvalue weighted by Crippen LogP contribution is -2.46. The second-order valence-corrected chi connectivity index (χ2v) is 9.03. The van der Waals surface area contributed by atoms with Crippen molar-refractivity contribution >= 4 is 41.0 Å². The molecule has 30 heavy (non-hydrogen) atoms. The number of urea groups is 1. The third-order valence-electron chi connectivity index (χ3n) is 4.57. The Morgan fingerprint density at radius 2 is 1.97 bits per heavy atom. The lowest BCUT2D eigenvalue weighted by atomic mass is 9.98. The first-order valence-corrected chi connectivity index (χ1v) is 10.4. The molecule has 1 atom stereocenters. The molecule has 0 spiro atoms. The smallest absolute Gasteiger partial charge is 0.410 e. The first kappa shape index (κ1) is 23.8. The SMILES string of the molecule is CC(=O)Nc1ccc(NC(=O)N2CCCC(CN(C)C(=O)OC(C)(C)C)C2)c(Cl)c1. The molecule has 0 radical (unpaired) electrons. The van der Waals surface area contributed by atoms with Gasteiger partial charge in [-0.25, -0.2) is 9.59 Å². The number of amides is 4. The minimum atomic E-state index is -0.543. The summed E-state index contributed by atoms with van der Waals surface area (Å²) in [7, 11) is 1.71. The van der Waals surface area contributed by atoms with E-state index in [2.05, 4.69) is 10.6 Å². The second-order valence-electron chi connectivity index (χ2n) is 8.62. The van der Waals surface area contributed by atoms with Gasteiger partial charge in [-0.05, 0) is 57.7 Å². The highest BCUT2D eigenvalue weighted by molar-refractivity contribution is 6.34. The predicted molar refractivity (Wildman–Crippen MR) is 118 cm³/mol. The Kier molecular flexibility index (Phi) is 7.95. The molecule has 0 aromatic heterocycles. The molecule has 166 valence electrons. The number of anilines is 2. The zero-order chi connectivity index (χ0) is 22.5. The van der Waals surface area contributed by atoms with Crippen LogP contribution in [0.4, 0.5) is 21.0 Å². The number of carbonyl (C=O) groups excluding carboxylic acids is 3. The normalized spacial score (nSPS) is 16.6. The van der Waals surface area contributed by atoms with Crippen LogP contribution in [0.5, 0.6) is 0 Å². The van der Waals surface area contributed by atoms with Crippen LogP contribution < -0.4 is 10.6 Å². The number of hydrogen-bond donors (Lipinski definition) is 2. The number of halogens is 1. The van der Waals surface area contributed by atoms with Gasteiger partial charge >= 0.3 is 12.1 Å². The Balaban J connectivity index is 1.92. The van der Waals surface area contributed by atoms with Crippen LogP contribution in [0.25, 0.3) is 0 Å². The van der Waals surface area contributed by atoms with Crippen molar-refractivity contribution in [3.8, 4) is 0 Å². The van der Waals surface area contributed by atoms with Crippen molar-refractivity contribution in [1.82, 2.24) is 9.80 Å². The summed E-state index contributed by atoms with van der Waals surface area (Å²) in [6.07, 6.45) is 1.42. The molecule has 8 nitrogen and oxygen atoms in total. The fourth-order valence-corrected chi connectivity index (χ4v) is 3.52. The number of benzene rings is 1. The van der Waals surface area contributed by atoms with E-state index < -0.39 is 5.60 Å². The van der Waals surface area contributed by atoms with Crippen LogP contribution in [0.15, 0.2) is 18.2 Å². The first-order valence-electron chi connectivity index (χ1n) is 10.0. The summed E-state index contributed by atoms with van der Waals surface area (Å²) in [4.78, 5) is 39.4. The molecule has 1 heterocycles. The summed E-state index contributed by atoms with van der Waals surface area (Å²) < 4.78 is 5.39. The van der Waals surface area contributed by atoms with Gasteiger partial charge in [0, 0.05) is 39.3 Å². The zero-order valence-corrected chi connectivity index (χ0v) is 19.0. The maximum absolute atomic E-state index is 12.7. The minimum Gasteiger partial charge on any atom is -0.444 e. The van der Waals surface area contributed by atoms with Gasteiger partial charge in [0.1, 0.15) is 5.60 Å². The number of hydrogen-bond acceptors (Lipinski definition) is 4. The van der Waals surface area contributed by atoms with E-state index in [1.165, 1.54) is 6.92 Å². The highest BCUT2D eigenvalue weighted by atomic mass is 35.5. The highest BCUT2D eigenvalue weighted by Gasteiger charge is 2.27. The van der Waals surface area contributed by atoms with Crippen molar-refractivity contribution in [1.29, 1.82) is 0 Å². The molecule has 2 rings (SSSR count). The fraction of sp³-hybridized carbons (Fsp3) is 0.571. The standard InChI is InChI=1S/C21H31ClN4O4/c1-14(27)23-16-8-9-18(17(22)11-16)24-19(28)26-10-6-7-15(13-26)12-25(5)20(29)30-21(2,3)4/h8-9,11,15H,6-7,10,12-13H2,1-5H3,(H,23,27)(H,24,28). The molecule has 4 amide bonds. The highest BCUT2D eigenvalue weighted by Crippen LogP contribution is 2.27. The van der Waals surface area contributed by atoms with Crippen LogP contribution in [0.2, 0.25) is 5.02 Å². The third-order valence-corrected chi connectivity index (χ3v) is 4.89. The van der Waals surface area contributed by atoms with E-state index in [9.17, 15) is 14.4 Å². The molecule has 0 aliphatic carbocycles. The molecule has 1 saturated heterocycles.